The van der Waals surface area contributed by atoms with Crippen LogP contribution in [0.5, 0.6) is 0 Å². The molecule has 1 N–H and O–H groups in total. The number of amides is 1. The van der Waals surface area contributed by atoms with Gasteiger partial charge in [-0.3, -0.25) is 14.2 Å². The highest BCUT2D eigenvalue weighted by Gasteiger charge is 2.29. The first-order valence-corrected chi connectivity index (χ1v) is 13.0. The normalized spacial score (nSPS) is 14.4. The number of halogens is 2. The average molecular weight is 516 g/mol. The first kappa shape index (κ1) is 22.5. The molecule has 33 heavy (non-hydrogen) atoms. The summed E-state index contributed by atoms with van der Waals surface area (Å²) in [6.07, 6.45) is 2.22. The number of nitrogens with zero attached hydrogens (tertiary/aromatic N) is 2. The zero-order valence-electron chi connectivity index (χ0n) is 17.5. The average Bonchev–Trinajstić information content (AvgIpc) is 3.56. The van der Waals surface area contributed by atoms with Crippen molar-refractivity contribution >= 4 is 68.1 Å². The molecule has 0 aliphatic heterocycles. The van der Waals surface area contributed by atoms with E-state index >= 15 is 0 Å². The Hall–Kier alpha value is -2.32. The lowest BCUT2D eigenvalue weighted by Gasteiger charge is -2.16. The number of thioether (sulfide) groups is 1. The summed E-state index contributed by atoms with van der Waals surface area (Å²) in [7, 11) is 0. The van der Waals surface area contributed by atoms with Gasteiger partial charge < -0.3 is 5.32 Å². The third-order valence-corrected chi connectivity index (χ3v) is 7.98. The maximum atomic E-state index is 13.7. The number of hydrogen-bond acceptors (Lipinski definition) is 5. The van der Waals surface area contributed by atoms with Gasteiger partial charge in [0, 0.05) is 5.02 Å². The van der Waals surface area contributed by atoms with E-state index in [1.54, 1.807) is 29.7 Å². The van der Waals surface area contributed by atoms with Crippen LogP contribution in [-0.2, 0) is 4.79 Å². The molecule has 1 saturated carbocycles. The molecular weight excluding hydrogens is 497 g/mol. The van der Waals surface area contributed by atoms with E-state index < -0.39 is 5.25 Å². The Labute approximate surface area is 208 Å². The van der Waals surface area contributed by atoms with Crippen molar-refractivity contribution in [3.8, 4) is 5.69 Å². The Kier molecular flexibility index (Phi) is 6.22. The standard InChI is InChI=1S/C24H19Cl2N3O2S2/c1-13(21(30)27-19-11-15(25)9-10-18(19)26)33-24-28-22-20(17(12-32-22)14-7-8-14)23(31)29(24)16-5-3-2-4-6-16/h2-6,9-14H,7-8H2,1H3,(H,27,30). The number of anilines is 1. The van der Waals surface area contributed by atoms with Crippen molar-refractivity contribution in [1.82, 2.24) is 9.55 Å². The molecule has 0 saturated heterocycles. The van der Waals surface area contributed by atoms with Crippen LogP contribution < -0.4 is 10.9 Å². The third kappa shape index (κ3) is 4.55. The van der Waals surface area contributed by atoms with E-state index in [-0.39, 0.29) is 11.5 Å². The van der Waals surface area contributed by atoms with Crippen LogP contribution in [0.25, 0.3) is 15.9 Å². The molecular formula is C24H19Cl2N3O2S2. The summed E-state index contributed by atoms with van der Waals surface area (Å²) in [5, 5.41) is 6.38. The lowest BCUT2D eigenvalue weighted by atomic mass is 10.1. The van der Waals surface area contributed by atoms with Gasteiger partial charge in [-0.05, 0) is 67.0 Å². The predicted octanol–water partition coefficient (Wildman–Crippen LogP) is 6.75. The molecule has 1 fully saturated rings. The van der Waals surface area contributed by atoms with Gasteiger partial charge in [0.2, 0.25) is 5.91 Å². The second-order valence-electron chi connectivity index (χ2n) is 7.89. The molecule has 1 amide bonds. The van der Waals surface area contributed by atoms with Crippen molar-refractivity contribution < 1.29 is 4.79 Å². The molecule has 2 aromatic carbocycles. The van der Waals surface area contributed by atoms with Gasteiger partial charge in [-0.1, -0.05) is 53.2 Å². The van der Waals surface area contributed by atoms with Crippen LogP contribution in [0.15, 0.2) is 63.9 Å². The van der Waals surface area contributed by atoms with Gasteiger partial charge in [0.25, 0.3) is 5.56 Å². The van der Waals surface area contributed by atoms with Crippen molar-refractivity contribution in [3.05, 3.63) is 79.9 Å². The van der Waals surface area contributed by atoms with Crippen LogP contribution in [0.2, 0.25) is 10.0 Å². The molecule has 5 nitrogen and oxygen atoms in total. The maximum absolute atomic E-state index is 13.7. The van der Waals surface area contributed by atoms with Crippen molar-refractivity contribution in [2.45, 2.75) is 36.1 Å². The zero-order chi connectivity index (χ0) is 23.1. The van der Waals surface area contributed by atoms with Crippen LogP contribution >= 0.6 is 46.3 Å². The summed E-state index contributed by atoms with van der Waals surface area (Å²) in [6, 6.07) is 14.3. The van der Waals surface area contributed by atoms with Gasteiger partial charge in [-0.25, -0.2) is 4.98 Å². The smallest absolute Gasteiger partial charge is 0.267 e. The lowest BCUT2D eigenvalue weighted by molar-refractivity contribution is -0.115. The quantitative estimate of drug-likeness (QED) is 0.227. The second kappa shape index (κ2) is 9.14. The maximum Gasteiger partial charge on any atom is 0.267 e. The Morgan fingerprint density at radius 1 is 1.21 bits per heavy atom. The summed E-state index contributed by atoms with van der Waals surface area (Å²) < 4.78 is 1.61. The number of nitrogens with one attached hydrogen (secondary N) is 1. The Morgan fingerprint density at radius 2 is 1.97 bits per heavy atom. The topological polar surface area (TPSA) is 64.0 Å². The van der Waals surface area contributed by atoms with E-state index in [9.17, 15) is 9.59 Å². The van der Waals surface area contributed by atoms with Crippen molar-refractivity contribution in [3.63, 3.8) is 0 Å². The first-order valence-electron chi connectivity index (χ1n) is 10.4. The summed E-state index contributed by atoms with van der Waals surface area (Å²) in [5.74, 6) is 0.186. The fraction of sp³-hybridized carbons (Fsp3) is 0.208. The number of fused-ring (bicyclic) bond motifs is 1. The van der Waals surface area contributed by atoms with Gasteiger partial charge in [0.15, 0.2) is 5.16 Å². The molecule has 0 radical (unpaired) electrons. The second-order valence-corrected chi connectivity index (χ2v) is 10.9. The molecule has 0 bridgehead atoms. The Bertz CT molecular complexity index is 1410. The van der Waals surface area contributed by atoms with Crippen LogP contribution in [0, 0.1) is 0 Å². The molecule has 1 aliphatic rings. The molecule has 4 aromatic rings. The summed E-state index contributed by atoms with van der Waals surface area (Å²) in [4.78, 5) is 32.1. The van der Waals surface area contributed by atoms with E-state index in [1.165, 1.54) is 23.1 Å². The zero-order valence-corrected chi connectivity index (χ0v) is 20.7. The molecule has 1 unspecified atom stereocenters. The number of rotatable bonds is 6. The van der Waals surface area contributed by atoms with E-state index in [0.717, 1.165) is 24.1 Å². The monoisotopic (exact) mass is 515 g/mol. The fourth-order valence-corrected chi connectivity index (χ4v) is 5.94. The predicted molar refractivity (Wildman–Crippen MR) is 138 cm³/mol. The highest BCUT2D eigenvalue weighted by Crippen LogP contribution is 2.44. The minimum absolute atomic E-state index is 0.0951. The fourth-order valence-electron chi connectivity index (χ4n) is 3.61. The van der Waals surface area contributed by atoms with E-state index in [2.05, 4.69) is 10.7 Å². The van der Waals surface area contributed by atoms with Crippen LogP contribution in [-0.4, -0.2) is 20.7 Å². The molecule has 1 atom stereocenters. The summed E-state index contributed by atoms with van der Waals surface area (Å²) in [5.41, 5.74) is 2.16. The molecule has 0 spiro atoms. The molecule has 1 aliphatic carbocycles. The van der Waals surface area contributed by atoms with Crippen LogP contribution in [0.4, 0.5) is 5.69 Å². The number of benzene rings is 2. The van der Waals surface area contributed by atoms with Gasteiger partial charge in [-0.2, -0.15) is 0 Å². The highest BCUT2D eigenvalue weighted by atomic mass is 35.5. The van der Waals surface area contributed by atoms with Crippen LogP contribution in [0.1, 0.15) is 31.2 Å². The van der Waals surface area contributed by atoms with E-state index in [1.807, 2.05) is 30.3 Å². The van der Waals surface area contributed by atoms with Gasteiger partial charge in [0.1, 0.15) is 4.83 Å². The number of carbonyl (C=O) groups is 1. The molecule has 5 rings (SSSR count). The SMILES string of the molecule is CC(Sc1nc2scc(C3CC3)c2c(=O)n1-c1ccccc1)C(=O)Nc1cc(Cl)ccc1Cl. The number of thiophene rings is 1. The third-order valence-electron chi connectivity index (χ3n) is 5.47. The summed E-state index contributed by atoms with van der Waals surface area (Å²) in [6.45, 7) is 1.77. The van der Waals surface area contributed by atoms with Crippen LogP contribution in [0.3, 0.4) is 0 Å². The highest BCUT2D eigenvalue weighted by molar-refractivity contribution is 8.00. The molecule has 168 valence electrons. The molecule has 2 heterocycles. The van der Waals surface area contributed by atoms with E-state index in [4.69, 9.17) is 28.2 Å². The largest absolute Gasteiger partial charge is 0.324 e. The Morgan fingerprint density at radius 3 is 2.70 bits per heavy atom. The molecule has 2 aromatic heterocycles. The number of carbonyl (C=O) groups excluding carboxylic acids is 1. The van der Waals surface area contributed by atoms with E-state index in [0.29, 0.717) is 37.0 Å². The van der Waals surface area contributed by atoms with Crippen molar-refractivity contribution in [2.24, 2.45) is 0 Å². The summed E-state index contributed by atoms with van der Waals surface area (Å²) >= 11 is 15.0. The van der Waals surface area contributed by atoms with Gasteiger partial charge in [0.05, 0.1) is 27.0 Å². The van der Waals surface area contributed by atoms with Gasteiger partial charge >= 0.3 is 0 Å². The van der Waals surface area contributed by atoms with Gasteiger partial charge in [-0.15, -0.1) is 11.3 Å². The number of para-hydroxylation sites is 1. The minimum Gasteiger partial charge on any atom is -0.324 e. The number of aromatic nitrogens is 2. The first-order chi connectivity index (χ1) is 15.9. The Balaban J connectivity index is 1.52. The number of hydrogen-bond donors (Lipinski definition) is 1. The van der Waals surface area contributed by atoms with Crippen molar-refractivity contribution in [2.75, 3.05) is 5.32 Å². The van der Waals surface area contributed by atoms with Crippen molar-refractivity contribution in [1.29, 1.82) is 0 Å². The minimum atomic E-state index is -0.540. The lowest BCUT2D eigenvalue weighted by Crippen LogP contribution is -2.26. The molecule has 9 heteroatoms.